The van der Waals surface area contributed by atoms with Crippen LogP contribution >= 0.6 is 34.5 Å². The number of thiophene rings is 1. The van der Waals surface area contributed by atoms with E-state index in [1.165, 1.54) is 28.0 Å². The lowest BCUT2D eigenvalue weighted by Gasteiger charge is -2.19. The molecule has 1 nitrogen and oxygen atoms in total. The molecule has 1 aromatic heterocycles. The maximum atomic E-state index is 6.30. The maximum absolute atomic E-state index is 6.30. The van der Waals surface area contributed by atoms with Gasteiger partial charge in [-0.05, 0) is 32.0 Å². The van der Waals surface area contributed by atoms with Gasteiger partial charge in [-0.25, -0.2) is 0 Å². The molecule has 0 aliphatic heterocycles. The highest BCUT2D eigenvalue weighted by atomic mass is 35.5. The van der Waals surface area contributed by atoms with Gasteiger partial charge in [-0.3, -0.25) is 0 Å². The Hall–Kier alpha value is -0.540. The summed E-state index contributed by atoms with van der Waals surface area (Å²) in [6.45, 7) is 7.20. The summed E-state index contributed by atoms with van der Waals surface area (Å²) in [4.78, 5) is 0. The molecule has 1 heterocycles. The van der Waals surface area contributed by atoms with Crippen molar-refractivity contribution in [1.29, 1.82) is 0 Å². The summed E-state index contributed by atoms with van der Waals surface area (Å²) in [5.74, 6) is 0. The fourth-order valence-electron chi connectivity index (χ4n) is 2.34. The standard InChI is InChI=1S/C15H17Cl2NS/c1-4-18-14(12-8-13(16)19-15(12)17)11-6-9(2)5-10(3)7-11/h5-8,14,18H,4H2,1-3H3. The molecule has 0 aliphatic rings. The molecule has 0 bridgehead atoms. The van der Waals surface area contributed by atoms with Crippen LogP contribution in [0.1, 0.15) is 35.2 Å². The molecule has 0 fully saturated rings. The lowest BCUT2D eigenvalue weighted by molar-refractivity contribution is 0.632. The molecule has 4 heteroatoms. The van der Waals surface area contributed by atoms with Gasteiger partial charge in [0.2, 0.25) is 0 Å². The van der Waals surface area contributed by atoms with Crippen molar-refractivity contribution in [3.05, 3.63) is 55.2 Å². The Morgan fingerprint density at radius 1 is 1.11 bits per heavy atom. The molecule has 1 N–H and O–H groups in total. The first-order valence-electron chi connectivity index (χ1n) is 6.27. The zero-order valence-electron chi connectivity index (χ0n) is 11.3. The van der Waals surface area contributed by atoms with Crippen molar-refractivity contribution in [1.82, 2.24) is 5.32 Å². The highest BCUT2D eigenvalue weighted by Gasteiger charge is 2.19. The number of hydrogen-bond donors (Lipinski definition) is 1. The lowest BCUT2D eigenvalue weighted by Crippen LogP contribution is -2.22. The maximum Gasteiger partial charge on any atom is 0.0995 e. The summed E-state index contributed by atoms with van der Waals surface area (Å²) in [6.07, 6.45) is 0. The number of benzene rings is 1. The molecule has 0 saturated heterocycles. The van der Waals surface area contributed by atoms with Crippen LogP contribution in [0.2, 0.25) is 8.67 Å². The third-order valence-corrected chi connectivity index (χ3v) is 4.50. The molecule has 0 amide bonds. The van der Waals surface area contributed by atoms with E-state index in [1.54, 1.807) is 0 Å². The number of nitrogens with one attached hydrogen (secondary N) is 1. The molecule has 102 valence electrons. The van der Waals surface area contributed by atoms with E-state index in [9.17, 15) is 0 Å². The molecule has 0 radical (unpaired) electrons. The Morgan fingerprint density at radius 3 is 2.21 bits per heavy atom. The van der Waals surface area contributed by atoms with Crippen LogP contribution in [0.3, 0.4) is 0 Å². The molecule has 1 atom stereocenters. The van der Waals surface area contributed by atoms with E-state index >= 15 is 0 Å². The Labute approximate surface area is 128 Å². The minimum absolute atomic E-state index is 0.0971. The number of aryl methyl sites for hydroxylation is 2. The zero-order valence-corrected chi connectivity index (χ0v) is 13.6. The van der Waals surface area contributed by atoms with Gasteiger partial charge in [0.25, 0.3) is 0 Å². The van der Waals surface area contributed by atoms with Crippen LogP contribution in [0.15, 0.2) is 24.3 Å². The number of rotatable bonds is 4. The van der Waals surface area contributed by atoms with Gasteiger partial charge in [0, 0.05) is 5.56 Å². The van der Waals surface area contributed by atoms with Crippen LogP contribution in [0.4, 0.5) is 0 Å². The summed E-state index contributed by atoms with van der Waals surface area (Å²) in [6, 6.07) is 8.62. The van der Waals surface area contributed by atoms with Gasteiger partial charge in [0.15, 0.2) is 0 Å². The first-order chi connectivity index (χ1) is 9.01. The van der Waals surface area contributed by atoms with Crippen molar-refractivity contribution in [2.45, 2.75) is 26.8 Å². The Balaban J connectivity index is 2.47. The van der Waals surface area contributed by atoms with Gasteiger partial charge in [0.05, 0.1) is 14.7 Å². The van der Waals surface area contributed by atoms with Crippen LogP contribution in [-0.2, 0) is 0 Å². The zero-order chi connectivity index (χ0) is 14.0. The van der Waals surface area contributed by atoms with Crippen LogP contribution in [-0.4, -0.2) is 6.54 Å². The lowest BCUT2D eigenvalue weighted by atomic mass is 9.97. The summed E-state index contributed by atoms with van der Waals surface area (Å²) in [5.41, 5.74) is 4.81. The average Bonchev–Trinajstić information content (AvgIpc) is 2.64. The molecule has 0 saturated carbocycles. The van der Waals surface area contributed by atoms with Crippen molar-refractivity contribution in [3.8, 4) is 0 Å². The van der Waals surface area contributed by atoms with E-state index in [1.807, 2.05) is 6.07 Å². The van der Waals surface area contributed by atoms with E-state index in [0.29, 0.717) is 0 Å². The molecule has 0 spiro atoms. The third kappa shape index (κ3) is 3.51. The SMILES string of the molecule is CCNC(c1cc(C)cc(C)c1)c1cc(Cl)sc1Cl. The highest BCUT2D eigenvalue weighted by Crippen LogP contribution is 2.37. The van der Waals surface area contributed by atoms with E-state index in [4.69, 9.17) is 23.2 Å². The normalized spacial score (nSPS) is 12.7. The second-order valence-corrected chi connectivity index (χ2v) is 6.98. The summed E-state index contributed by atoms with van der Waals surface area (Å²) in [5, 5.41) is 3.49. The summed E-state index contributed by atoms with van der Waals surface area (Å²) < 4.78 is 1.49. The van der Waals surface area contributed by atoms with Gasteiger partial charge < -0.3 is 5.32 Å². The van der Waals surface area contributed by atoms with E-state index in [-0.39, 0.29) is 6.04 Å². The average molecular weight is 314 g/mol. The van der Waals surface area contributed by atoms with E-state index in [0.717, 1.165) is 20.8 Å². The van der Waals surface area contributed by atoms with Crippen LogP contribution in [0.25, 0.3) is 0 Å². The molecule has 2 rings (SSSR count). The fourth-order valence-corrected chi connectivity index (χ4v) is 3.87. The molecular weight excluding hydrogens is 297 g/mol. The highest BCUT2D eigenvalue weighted by molar-refractivity contribution is 7.20. The largest absolute Gasteiger partial charge is 0.306 e. The monoisotopic (exact) mass is 313 g/mol. The van der Waals surface area contributed by atoms with Crippen molar-refractivity contribution in [3.63, 3.8) is 0 Å². The van der Waals surface area contributed by atoms with E-state index in [2.05, 4.69) is 44.3 Å². The van der Waals surface area contributed by atoms with Crippen molar-refractivity contribution >= 4 is 34.5 Å². The number of halogens is 2. The molecule has 0 aliphatic carbocycles. The molecular formula is C15H17Cl2NS. The minimum atomic E-state index is 0.0971. The predicted octanol–water partition coefficient (Wildman–Crippen LogP) is 5.37. The number of hydrogen-bond acceptors (Lipinski definition) is 2. The first kappa shape index (κ1) is 14.9. The van der Waals surface area contributed by atoms with Gasteiger partial charge >= 0.3 is 0 Å². The van der Waals surface area contributed by atoms with E-state index < -0.39 is 0 Å². The van der Waals surface area contributed by atoms with Crippen molar-refractivity contribution in [2.75, 3.05) is 6.54 Å². The Bertz CT molecular complexity index is 557. The van der Waals surface area contributed by atoms with Crippen LogP contribution < -0.4 is 5.32 Å². The van der Waals surface area contributed by atoms with Gasteiger partial charge in [-0.15, -0.1) is 11.3 Å². The van der Waals surface area contributed by atoms with Crippen LogP contribution in [0.5, 0.6) is 0 Å². The van der Waals surface area contributed by atoms with Crippen molar-refractivity contribution in [2.24, 2.45) is 0 Å². The third-order valence-electron chi connectivity index (χ3n) is 2.98. The minimum Gasteiger partial charge on any atom is -0.306 e. The second kappa shape index (κ2) is 6.27. The summed E-state index contributed by atoms with van der Waals surface area (Å²) in [7, 11) is 0. The first-order valence-corrected chi connectivity index (χ1v) is 7.84. The van der Waals surface area contributed by atoms with Crippen LogP contribution in [0, 0.1) is 13.8 Å². The van der Waals surface area contributed by atoms with Gasteiger partial charge in [0.1, 0.15) is 0 Å². The topological polar surface area (TPSA) is 12.0 Å². The van der Waals surface area contributed by atoms with Gasteiger partial charge in [-0.1, -0.05) is 59.5 Å². The molecule has 19 heavy (non-hydrogen) atoms. The Kier molecular flexibility index (Phi) is 4.91. The smallest absolute Gasteiger partial charge is 0.0995 e. The Morgan fingerprint density at radius 2 is 1.74 bits per heavy atom. The molecule has 1 unspecified atom stereocenters. The van der Waals surface area contributed by atoms with Crippen molar-refractivity contribution < 1.29 is 0 Å². The fraction of sp³-hybridized carbons (Fsp3) is 0.333. The second-order valence-electron chi connectivity index (χ2n) is 4.69. The molecule has 1 aromatic carbocycles. The summed E-state index contributed by atoms with van der Waals surface area (Å²) >= 11 is 13.8. The van der Waals surface area contributed by atoms with Gasteiger partial charge in [-0.2, -0.15) is 0 Å². The quantitative estimate of drug-likeness (QED) is 0.800. The predicted molar refractivity (Wildman–Crippen MR) is 85.8 cm³/mol. The molecule has 2 aromatic rings.